The van der Waals surface area contributed by atoms with Crippen molar-refractivity contribution in [2.24, 2.45) is 5.11 Å². The fraction of sp³-hybridized carbons (Fsp3) is 0.444. The zero-order chi connectivity index (χ0) is 22.9. The molecule has 14 heteroatoms. The molecule has 1 unspecified atom stereocenters. The van der Waals surface area contributed by atoms with Crippen LogP contribution in [0, 0.1) is 6.92 Å². The topological polar surface area (TPSA) is 167 Å². The van der Waals surface area contributed by atoms with Gasteiger partial charge in [-0.3, -0.25) is 23.4 Å². The fourth-order valence-corrected chi connectivity index (χ4v) is 4.66. The Labute approximate surface area is 181 Å². The second kappa shape index (κ2) is 8.81. The van der Waals surface area contributed by atoms with Crippen LogP contribution in [0.25, 0.3) is 10.4 Å². The Morgan fingerprint density at radius 3 is 2.97 bits per heavy atom. The average molecular weight is 465 g/mol. The first-order valence-electron chi connectivity index (χ1n) is 9.59. The highest BCUT2D eigenvalue weighted by molar-refractivity contribution is 7.49. The van der Waals surface area contributed by atoms with Crippen molar-refractivity contribution in [3.8, 4) is 11.5 Å². The van der Waals surface area contributed by atoms with Crippen molar-refractivity contribution in [1.29, 1.82) is 0 Å². The molecule has 0 saturated carbocycles. The van der Waals surface area contributed by atoms with E-state index in [2.05, 4.69) is 15.0 Å². The first kappa shape index (κ1) is 22.1. The summed E-state index contributed by atoms with van der Waals surface area (Å²) in [6.07, 6.45) is -0.129. The molecule has 32 heavy (non-hydrogen) atoms. The van der Waals surface area contributed by atoms with Gasteiger partial charge in [0.2, 0.25) is 0 Å². The summed E-state index contributed by atoms with van der Waals surface area (Å²) in [5.74, 6) is 0.941. The maximum atomic E-state index is 12.9. The minimum Gasteiger partial charge on any atom is -0.497 e. The highest BCUT2D eigenvalue weighted by Crippen LogP contribution is 2.55. The maximum absolute atomic E-state index is 12.9. The van der Waals surface area contributed by atoms with Gasteiger partial charge in [-0.25, -0.2) is 9.36 Å². The number of ether oxygens (including phenoxy) is 2. The summed E-state index contributed by atoms with van der Waals surface area (Å²) >= 11 is 0. The van der Waals surface area contributed by atoms with Gasteiger partial charge in [0, 0.05) is 28.7 Å². The van der Waals surface area contributed by atoms with Crippen LogP contribution < -0.4 is 20.5 Å². The van der Waals surface area contributed by atoms with E-state index in [0.29, 0.717) is 22.6 Å². The van der Waals surface area contributed by atoms with Crippen molar-refractivity contribution in [2.45, 2.75) is 38.3 Å². The number of aromatic nitrogens is 2. The van der Waals surface area contributed by atoms with E-state index in [-0.39, 0.29) is 19.6 Å². The second-order valence-electron chi connectivity index (χ2n) is 7.20. The molecule has 0 bridgehead atoms. The third kappa shape index (κ3) is 4.43. The summed E-state index contributed by atoms with van der Waals surface area (Å²) in [5.41, 5.74) is 8.69. The van der Waals surface area contributed by atoms with Crippen LogP contribution in [-0.2, 0) is 25.0 Å². The van der Waals surface area contributed by atoms with Gasteiger partial charge in [-0.2, -0.15) is 0 Å². The quantitative estimate of drug-likeness (QED) is 0.294. The Morgan fingerprint density at radius 2 is 2.22 bits per heavy atom. The van der Waals surface area contributed by atoms with Crippen LogP contribution in [0.4, 0.5) is 0 Å². The Hall–Kier alpha value is -3.08. The molecule has 4 rings (SSSR count). The normalized spacial score (nSPS) is 26.6. The molecule has 1 N–H and O–H groups in total. The Bertz CT molecular complexity index is 1240. The monoisotopic (exact) mass is 465 g/mol. The molecule has 3 heterocycles. The van der Waals surface area contributed by atoms with Gasteiger partial charge in [0.15, 0.2) is 0 Å². The van der Waals surface area contributed by atoms with E-state index in [1.54, 1.807) is 25.1 Å². The van der Waals surface area contributed by atoms with Gasteiger partial charge in [0.1, 0.15) is 17.7 Å². The molecule has 2 aromatic rings. The van der Waals surface area contributed by atoms with E-state index in [4.69, 9.17) is 28.6 Å². The number of phosphoric ester groups is 1. The van der Waals surface area contributed by atoms with Crippen molar-refractivity contribution in [2.75, 3.05) is 13.7 Å². The molecular formula is C18H20N5O8P. The Balaban J connectivity index is 1.48. The third-order valence-corrected chi connectivity index (χ3v) is 6.44. The number of hydrogen-bond acceptors (Lipinski definition) is 9. The number of azide groups is 1. The van der Waals surface area contributed by atoms with E-state index in [1.165, 1.54) is 17.9 Å². The van der Waals surface area contributed by atoms with Crippen molar-refractivity contribution in [3.05, 3.63) is 66.8 Å². The number of aromatic amines is 1. The van der Waals surface area contributed by atoms with Crippen LogP contribution in [0.5, 0.6) is 11.5 Å². The number of nitrogens with zero attached hydrogens (tertiary/aromatic N) is 4. The van der Waals surface area contributed by atoms with E-state index in [0.717, 1.165) is 0 Å². The van der Waals surface area contributed by atoms with E-state index in [1.807, 2.05) is 0 Å². The summed E-state index contributed by atoms with van der Waals surface area (Å²) in [4.78, 5) is 28.8. The van der Waals surface area contributed by atoms with Crippen LogP contribution in [0.3, 0.4) is 0 Å². The number of methoxy groups -OCH3 is 1. The lowest BCUT2D eigenvalue weighted by Crippen LogP contribution is -2.33. The maximum Gasteiger partial charge on any atom is 0.530 e. The first-order valence-corrected chi connectivity index (χ1v) is 11.1. The lowest BCUT2D eigenvalue weighted by atomic mass is 10.1. The minimum absolute atomic E-state index is 0.0101. The molecule has 0 spiro atoms. The van der Waals surface area contributed by atoms with E-state index in [9.17, 15) is 14.2 Å². The minimum atomic E-state index is -3.95. The second-order valence-corrected chi connectivity index (χ2v) is 8.79. The lowest BCUT2D eigenvalue weighted by Gasteiger charge is -2.26. The zero-order valence-corrected chi connectivity index (χ0v) is 18.1. The number of nitrogens with one attached hydrogen (secondary N) is 1. The van der Waals surface area contributed by atoms with Crippen LogP contribution in [0.15, 0.2) is 39.1 Å². The summed E-state index contributed by atoms with van der Waals surface area (Å²) in [6.45, 7) is 1.26. The fourth-order valence-electron chi connectivity index (χ4n) is 3.43. The molecule has 2 aliphatic rings. The van der Waals surface area contributed by atoms with Crippen molar-refractivity contribution in [3.63, 3.8) is 0 Å². The van der Waals surface area contributed by atoms with Gasteiger partial charge in [-0.1, -0.05) is 5.11 Å². The molecule has 1 saturated heterocycles. The number of aryl methyl sites for hydroxylation is 1. The Kier molecular flexibility index (Phi) is 6.09. The largest absolute Gasteiger partial charge is 0.530 e. The highest BCUT2D eigenvalue weighted by Gasteiger charge is 2.41. The molecule has 1 aromatic carbocycles. The van der Waals surface area contributed by atoms with Gasteiger partial charge < -0.3 is 14.0 Å². The lowest BCUT2D eigenvalue weighted by molar-refractivity contribution is -0.0288. The number of hydrogen-bond donors (Lipinski definition) is 1. The van der Waals surface area contributed by atoms with Crippen LogP contribution in [0.1, 0.15) is 23.8 Å². The summed E-state index contributed by atoms with van der Waals surface area (Å²) < 4.78 is 41.2. The summed E-state index contributed by atoms with van der Waals surface area (Å²) in [5, 5.41) is 3.69. The summed E-state index contributed by atoms with van der Waals surface area (Å²) in [7, 11) is -2.43. The van der Waals surface area contributed by atoms with Gasteiger partial charge in [0.05, 0.1) is 32.5 Å². The molecule has 170 valence electrons. The van der Waals surface area contributed by atoms with Crippen LogP contribution >= 0.6 is 7.82 Å². The van der Waals surface area contributed by atoms with Crippen LogP contribution in [0.2, 0.25) is 0 Å². The molecule has 1 aromatic heterocycles. The molecule has 13 nitrogen and oxygen atoms in total. The first-order chi connectivity index (χ1) is 15.3. The molecule has 1 fully saturated rings. The van der Waals surface area contributed by atoms with E-state index >= 15 is 0 Å². The standard InChI is InChI=1S/C18H20N5O8P/c1-10-7-23(18(25)20-17(10)24)16-6-13(21-22-19)15(30-16)9-29-32(26)28-8-11-5-12(27-2)3-4-14(11)31-32/h3-5,7,13,15-16H,6,8-9H2,1-2H3,(H,20,24,25)/t13-,15+,16+,32?/m0/s1. The van der Waals surface area contributed by atoms with Crippen LogP contribution in [-0.4, -0.2) is 35.4 Å². The van der Waals surface area contributed by atoms with Crippen molar-refractivity contribution < 1.29 is 27.6 Å². The van der Waals surface area contributed by atoms with Gasteiger partial charge >= 0.3 is 13.5 Å². The number of fused-ring (bicyclic) bond motifs is 1. The Morgan fingerprint density at radius 1 is 1.41 bits per heavy atom. The predicted octanol–water partition coefficient (Wildman–Crippen LogP) is 2.55. The van der Waals surface area contributed by atoms with Gasteiger partial charge in [-0.05, 0) is 30.7 Å². The van der Waals surface area contributed by atoms with E-state index < -0.39 is 37.4 Å². The molecule has 4 atom stereocenters. The highest BCUT2D eigenvalue weighted by atomic mass is 31.2. The molecule has 0 radical (unpaired) electrons. The third-order valence-electron chi connectivity index (χ3n) is 5.11. The summed E-state index contributed by atoms with van der Waals surface area (Å²) in [6, 6.07) is 4.24. The smallest absolute Gasteiger partial charge is 0.497 e. The zero-order valence-electron chi connectivity index (χ0n) is 17.2. The average Bonchev–Trinajstić information content (AvgIpc) is 3.17. The number of rotatable bonds is 6. The molecular weight excluding hydrogens is 445 g/mol. The number of phosphoric acid groups is 1. The molecule has 0 aliphatic carbocycles. The predicted molar refractivity (Wildman–Crippen MR) is 109 cm³/mol. The number of H-pyrrole nitrogens is 1. The molecule has 2 aliphatic heterocycles. The molecule has 0 amide bonds. The number of benzene rings is 1. The SMILES string of the molecule is COc1ccc2c(c1)COP(=O)(OC[C@H]1O[C@@H](n3cc(C)c(=O)[nH]c3=O)C[C@@H]1N=[N+]=[N-])O2. The van der Waals surface area contributed by atoms with Gasteiger partial charge in [0.25, 0.3) is 5.56 Å². The van der Waals surface area contributed by atoms with Crippen molar-refractivity contribution >= 4 is 7.82 Å². The van der Waals surface area contributed by atoms with Crippen molar-refractivity contribution in [1.82, 2.24) is 9.55 Å². The van der Waals surface area contributed by atoms with Gasteiger partial charge in [-0.15, -0.1) is 0 Å².